The van der Waals surface area contributed by atoms with E-state index in [1.807, 2.05) is 12.1 Å². The zero-order valence-electron chi connectivity index (χ0n) is 11.2. The summed E-state index contributed by atoms with van der Waals surface area (Å²) in [7, 11) is 0. The lowest BCUT2D eigenvalue weighted by atomic mass is 10.2. The normalized spacial score (nSPS) is 11.9. The first-order valence-corrected chi connectivity index (χ1v) is 6.56. The van der Waals surface area contributed by atoms with Crippen LogP contribution in [0.1, 0.15) is 18.5 Å². The van der Waals surface area contributed by atoms with Crippen LogP contribution in [0.4, 0.5) is 5.69 Å². The van der Waals surface area contributed by atoms with E-state index in [0.29, 0.717) is 11.6 Å². The summed E-state index contributed by atoms with van der Waals surface area (Å²) in [5.41, 5.74) is 0.763. The molecule has 0 spiro atoms. The monoisotopic (exact) mass is 308 g/mol. The number of hydrogen-bond donors (Lipinski definition) is 1. The van der Waals surface area contributed by atoms with Crippen LogP contribution in [-0.4, -0.2) is 20.6 Å². The SMILES string of the molecule is C[C@@H](C(=O)NCc1ccc(Cl)cc1)n1cc([N+](=O)[O-])cn1. The van der Waals surface area contributed by atoms with Crippen molar-refractivity contribution in [2.24, 2.45) is 0 Å². The van der Waals surface area contributed by atoms with Crippen molar-refractivity contribution in [2.75, 3.05) is 0 Å². The predicted molar refractivity (Wildman–Crippen MR) is 76.9 cm³/mol. The van der Waals surface area contributed by atoms with E-state index in [2.05, 4.69) is 10.4 Å². The minimum atomic E-state index is -0.633. The highest BCUT2D eigenvalue weighted by Gasteiger charge is 2.18. The molecule has 0 aliphatic carbocycles. The van der Waals surface area contributed by atoms with Gasteiger partial charge in [-0.3, -0.25) is 19.6 Å². The molecule has 1 heterocycles. The van der Waals surface area contributed by atoms with Crippen LogP contribution in [0.25, 0.3) is 0 Å². The van der Waals surface area contributed by atoms with E-state index in [1.54, 1.807) is 19.1 Å². The van der Waals surface area contributed by atoms with E-state index in [9.17, 15) is 14.9 Å². The third-order valence-electron chi connectivity index (χ3n) is 2.95. The van der Waals surface area contributed by atoms with Gasteiger partial charge in [0.25, 0.3) is 0 Å². The molecule has 0 aliphatic heterocycles. The Balaban J connectivity index is 1.95. The minimum Gasteiger partial charge on any atom is -0.350 e. The summed E-state index contributed by atoms with van der Waals surface area (Å²) in [6, 6.07) is 6.47. The van der Waals surface area contributed by atoms with Crippen molar-refractivity contribution in [1.29, 1.82) is 0 Å². The molecule has 1 aromatic carbocycles. The van der Waals surface area contributed by atoms with E-state index in [4.69, 9.17) is 11.6 Å². The van der Waals surface area contributed by atoms with Crippen LogP contribution in [0.3, 0.4) is 0 Å². The molecule has 110 valence electrons. The summed E-state index contributed by atoms with van der Waals surface area (Å²) in [5, 5.41) is 17.8. The van der Waals surface area contributed by atoms with Gasteiger partial charge < -0.3 is 5.32 Å². The maximum absolute atomic E-state index is 12.0. The first kappa shape index (κ1) is 15.0. The van der Waals surface area contributed by atoms with Crippen molar-refractivity contribution in [2.45, 2.75) is 19.5 Å². The van der Waals surface area contributed by atoms with E-state index in [0.717, 1.165) is 11.8 Å². The van der Waals surface area contributed by atoms with Gasteiger partial charge in [-0.1, -0.05) is 23.7 Å². The number of nitrogens with one attached hydrogen (secondary N) is 1. The first-order chi connectivity index (χ1) is 9.97. The smallest absolute Gasteiger partial charge is 0.307 e. The van der Waals surface area contributed by atoms with Crippen LogP contribution < -0.4 is 5.32 Å². The molecule has 0 unspecified atom stereocenters. The Labute approximate surface area is 125 Å². The number of amides is 1. The number of benzene rings is 1. The van der Waals surface area contributed by atoms with Gasteiger partial charge in [0.15, 0.2) is 0 Å². The zero-order valence-corrected chi connectivity index (χ0v) is 11.9. The van der Waals surface area contributed by atoms with Gasteiger partial charge in [-0.25, -0.2) is 0 Å². The third kappa shape index (κ3) is 3.79. The third-order valence-corrected chi connectivity index (χ3v) is 3.21. The molecule has 7 nitrogen and oxygen atoms in total. The number of nitrogens with zero attached hydrogens (tertiary/aromatic N) is 3. The Morgan fingerprint density at radius 1 is 1.48 bits per heavy atom. The predicted octanol–water partition coefficient (Wildman–Crippen LogP) is 2.32. The van der Waals surface area contributed by atoms with Crippen molar-refractivity contribution >= 4 is 23.2 Å². The lowest BCUT2D eigenvalue weighted by Crippen LogP contribution is -2.30. The second-order valence-electron chi connectivity index (χ2n) is 4.46. The number of carbonyl (C=O) groups is 1. The highest BCUT2D eigenvalue weighted by atomic mass is 35.5. The molecule has 21 heavy (non-hydrogen) atoms. The van der Waals surface area contributed by atoms with Crippen LogP contribution in [0, 0.1) is 10.1 Å². The fourth-order valence-electron chi connectivity index (χ4n) is 1.69. The van der Waals surface area contributed by atoms with Crippen molar-refractivity contribution in [3.63, 3.8) is 0 Å². The number of carbonyl (C=O) groups excluding carboxylic acids is 1. The molecule has 1 atom stereocenters. The van der Waals surface area contributed by atoms with E-state index in [1.165, 1.54) is 10.9 Å². The molecule has 1 amide bonds. The van der Waals surface area contributed by atoms with Crippen molar-refractivity contribution < 1.29 is 9.72 Å². The van der Waals surface area contributed by atoms with Crippen LogP contribution in [0.2, 0.25) is 5.02 Å². The van der Waals surface area contributed by atoms with Gasteiger partial charge in [-0.15, -0.1) is 0 Å². The first-order valence-electron chi connectivity index (χ1n) is 6.18. The van der Waals surface area contributed by atoms with Gasteiger partial charge >= 0.3 is 5.69 Å². The van der Waals surface area contributed by atoms with Gasteiger partial charge in [0, 0.05) is 11.6 Å². The molecule has 0 radical (unpaired) electrons. The van der Waals surface area contributed by atoms with E-state index < -0.39 is 11.0 Å². The zero-order chi connectivity index (χ0) is 15.4. The molecule has 0 fully saturated rings. The van der Waals surface area contributed by atoms with Crippen molar-refractivity contribution in [3.8, 4) is 0 Å². The van der Waals surface area contributed by atoms with Gasteiger partial charge in [0.05, 0.1) is 4.92 Å². The lowest BCUT2D eigenvalue weighted by molar-refractivity contribution is -0.385. The molecule has 0 aliphatic rings. The average Bonchev–Trinajstić information content (AvgIpc) is 2.95. The maximum Gasteiger partial charge on any atom is 0.307 e. The Hall–Kier alpha value is -2.41. The Kier molecular flexibility index (Phi) is 4.54. The second-order valence-corrected chi connectivity index (χ2v) is 4.89. The fourth-order valence-corrected chi connectivity index (χ4v) is 1.82. The van der Waals surface area contributed by atoms with E-state index >= 15 is 0 Å². The maximum atomic E-state index is 12.0. The summed E-state index contributed by atoms with van der Waals surface area (Å²) in [6.45, 7) is 1.97. The van der Waals surface area contributed by atoms with Crippen LogP contribution in [0.15, 0.2) is 36.7 Å². The molecular weight excluding hydrogens is 296 g/mol. The van der Waals surface area contributed by atoms with Gasteiger partial charge in [-0.05, 0) is 24.6 Å². The molecule has 0 saturated heterocycles. The van der Waals surface area contributed by atoms with Crippen molar-refractivity contribution in [3.05, 3.63) is 57.4 Å². The van der Waals surface area contributed by atoms with Crippen LogP contribution in [-0.2, 0) is 11.3 Å². The molecule has 0 bridgehead atoms. The molecule has 8 heteroatoms. The highest BCUT2D eigenvalue weighted by molar-refractivity contribution is 6.30. The Bertz CT molecular complexity index is 654. The van der Waals surface area contributed by atoms with Gasteiger partial charge in [0.1, 0.15) is 18.4 Å². The van der Waals surface area contributed by atoms with Gasteiger partial charge in [0.2, 0.25) is 5.91 Å². The van der Waals surface area contributed by atoms with Gasteiger partial charge in [-0.2, -0.15) is 5.10 Å². The Morgan fingerprint density at radius 2 is 2.14 bits per heavy atom. The fraction of sp³-hybridized carbons (Fsp3) is 0.231. The molecule has 1 aromatic heterocycles. The van der Waals surface area contributed by atoms with Crippen molar-refractivity contribution in [1.82, 2.24) is 15.1 Å². The van der Waals surface area contributed by atoms with E-state index in [-0.39, 0.29) is 11.6 Å². The number of hydrogen-bond acceptors (Lipinski definition) is 4. The summed E-state index contributed by atoms with van der Waals surface area (Å²) < 4.78 is 1.26. The average molecular weight is 309 g/mol. The number of nitro groups is 1. The Morgan fingerprint density at radius 3 is 2.71 bits per heavy atom. The topological polar surface area (TPSA) is 90.1 Å². The molecular formula is C13H13ClN4O3. The number of rotatable bonds is 5. The quantitative estimate of drug-likeness (QED) is 0.678. The largest absolute Gasteiger partial charge is 0.350 e. The molecule has 2 aromatic rings. The van der Waals surface area contributed by atoms with Crippen LogP contribution in [0.5, 0.6) is 0 Å². The number of halogens is 1. The summed E-state index contributed by atoms with van der Waals surface area (Å²) in [4.78, 5) is 22.0. The summed E-state index contributed by atoms with van der Waals surface area (Å²) in [5.74, 6) is -0.275. The highest BCUT2D eigenvalue weighted by Crippen LogP contribution is 2.13. The second kappa shape index (κ2) is 6.36. The van der Waals surface area contributed by atoms with Crippen LogP contribution >= 0.6 is 11.6 Å². The molecule has 2 rings (SSSR count). The number of aromatic nitrogens is 2. The summed E-state index contributed by atoms with van der Waals surface area (Å²) in [6.07, 6.45) is 2.34. The summed E-state index contributed by atoms with van der Waals surface area (Å²) >= 11 is 5.78. The minimum absolute atomic E-state index is 0.146. The lowest BCUT2D eigenvalue weighted by Gasteiger charge is -2.12. The molecule has 0 saturated carbocycles. The standard InChI is InChI=1S/C13H13ClN4O3/c1-9(17-8-12(7-16-17)18(20)21)13(19)15-6-10-2-4-11(14)5-3-10/h2-5,7-9H,6H2,1H3,(H,15,19)/t9-/m0/s1. The molecule has 1 N–H and O–H groups in total.